The van der Waals surface area contributed by atoms with Gasteiger partial charge in [-0.1, -0.05) is 0 Å². The molecular weight excluding hydrogens is 276 g/mol. The van der Waals surface area contributed by atoms with E-state index in [-0.39, 0.29) is 17.5 Å². The minimum atomic E-state index is -3.69. The molecular formula is C10H16N2O6S. The minimum Gasteiger partial charge on any atom is -0.438 e. The van der Waals surface area contributed by atoms with Gasteiger partial charge < -0.3 is 9.15 Å². The van der Waals surface area contributed by atoms with E-state index < -0.39 is 15.9 Å². The molecule has 1 aromatic heterocycles. The molecule has 0 fully saturated rings. The monoisotopic (exact) mass is 292 g/mol. The normalized spacial score (nSPS) is 11.8. The van der Waals surface area contributed by atoms with Crippen LogP contribution in [0.2, 0.25) is 0 Å². The number of methoxy groups -OCH3 is 1. The fraction of sp³-hybridized carbons (Fsp3) is 0.500. The Morgan fingerprint density at radius 1 is 1.37 bits per heavy atom. The maximum absolute atomic E-state index is 11.7. The number of rotatable bonds is 7. The Balaban J connectivity index is 2.67. The van der Waals surface area contributed by atoms with Crippen LogP contribution in [0.1, 0.15) is 10.6 Å². The van der Waals surface area contributed by atoms with Crippen molar-refractivity contribution >= 4 is 15.9 Å². The van der Waals surface area contributed by atoms with Crippen LogP contribution in [0, 0.1) is 0 Å². The fourth-order valence-corrected chi connectivity index (χ4v) is 1.85. The number of amides is 1. The number of furan rings is 1. The molecule has 0 aromatic carbocycles. The highest BCUT2D eigenvalue weighted by Gasteiger charge is 2.23. The Kier molecular flexibility index (Phi) is 5.48. The number of hydroxylamine groups is 1. The molecule has 0 saturated heterocycles. The first-order valence-electron chi connectivity index (χ1n) is 5.33. The number of hydrogen-bond acceptors (Lipinski definition) is 6. The summed E-state index contributed by atoms with van der Waals surface area (Å²) in [5, 5.41) is -0.306. The number of carbonyl (C=O) groups is 1. The number of carbonyl (C=O) groups excluding carboxylic acids is 1. The third kappa shape index (κ3) is 4.03. The number of ether oxygens (including phenoxy) is 1. The molecule has 1 N–H and O–H groups in total. The lowest BCUT2D eigenvalue weighted by atomic mass is 10.4. The summed E-state index contributed by atoms with van der Waals surface area (Å²) in [6, 6.07) is 2.46. The molecule has 108 valence electrons. The predicted molar refractivity (Wildman–Crippen MR) is 64.9 cm³/mol. The van der Waals surface area contributed by atoms with Gasteiger partial charge in [0.15, 0.2) is 5.76 Å². The topological polar surface area (TPSA) is 98.1 Å². The van der Waals surface area contributed by atoms with Crippen molar-refractivity contribution in [3.8, 4) is 0 Å². The van der Waals surface area contributed by atoms with Gasteiger partial charge in [-0.15, -0.1) is 0 Å². The Labute approximate surface area is 111 Å². The first kappa shape index (κ1) is 15.6. The highest BCUT2D eigenvalue weighted by Crippen LogP contribution is 2.16. The van der Waals surface area contributed by atoms with Crippen LogP contribution in [0.25, 0.3) is 0 Å². The largest absolute Gasteiger partial charge is 0.438 e. The van der Waals surface area contributed by atoms with Gasteiger partial charge in [0, 0.05) is 21.2 Å². The van der Waals surface area contributed by atoms with E-state index in [4.69, 9.17) is 14.0 Å². The average molecular weight is 292 g/mol. The van der Waals surface area contributed by atoms with E-state index in [1.807, 2.05) is 0 Å². The minimum absolute atomic E-state index is 0.155. The smallest absolute Gasteiger partial charge is 0.310 e. The first-order valence-corrected chi connectivity index (χ1v) is 6.77. The van der Waals surface area contributed by atoms with E-state index in [9.17, 15) is 13.2 Å². The highest BCUT2D eigenvalue weighted by molar-refractivity contribution is 7.88. The van der Waals surface area contributed by atoms with Crippen molar-refractivity contribution < 1.29 is 27.2 Å². The average Bonchev–Trinajstić information content (AvgIpc) is 2.84. The van der Waals surface area contributed by atoms with E-state index >= 15 is 0 Å². The first-order chi connectivity index (χ1) is 8.89. The van der Waals surface area contributed by atoms with E-state index in [2.05, 4.69) is 5.48 Å². The molecule has 0 aliphatic heterocycles. The maximum atomic E-state index is 11.7. The molecule has 8 nitrogen and oxygen atoms in total. The molecule has 0 atom stereocenters. The molecule has 1 rings (SSSR count). The van der Waals surface area contributed by atoms with Gasteiger partial charge in [0.25, 0.3) is 10.0 Å². The van der Waals surface area contributed by atoms with E-state index in [0.717, 1.165) is 4.31 Å². The van der Waals surface area contributed by atoms with Crippen molar-refractivity contribution in [1.29, 1.82) is 0 Å². The Hall–Kier alpha value is -1.42. The maximum Gasteiger partial charge on any atom is 0.310 e. The number of hydrogen-bond donors (Lipinski definition) is 1. The van der Waals surface area contributed by atoms with Gasteiger partial charge in [0.2, 0.25) is 5.09 Å². The van der Waals surface area contributed by atoms with Crippen molar-refractivity contribution in [3.05, 3.63) is 17.9 Å². The Morgan fingerprint density at radius 3 is 2.63 bits per heavy atom. The molecule has 1 heterocycles. The lowest BCUT2D eigenvalue weighted by Gasteiger charge is -2.07. The number of nitrogens with zero attached hydrogens (tertiary/aromatic N) is 1. The van der Waals surface area contributed by atoms with Crippen molar-refractivity contribution in [2.24, 2.45) is 0 Å². The summed E-state index contributed by atoms with van der Waals surface area (Å²) in [7, 11) is 0.536. The van der Waals surface area contributed by atoms with E-state index in [1.165, 1.54) is 33.3 Å². The molecule has 0 spiro atoms. The Bertz CT molecular complexity index is 522. The summed E-state index contributed by atoms with van der Waals surface area (Å²) in [5.41, 5.74) is 2.11. The van der Waals surface area contributed by atoms with Crippen LogP contribution < -0.4 is 5.48 Å². The zero-order valence-corrected chi connectivity index (χ0v) is 11.7. The molecule has 19 heavy (non-hydrogen) atoms. The van der Waals surface area contributed by atoms with Gasteiger partial charge in [-0.05, 0) is 12.1 Å². The van der Waals surface area contributed by atoms with Crippen molar-refractivity contribution in [1.82, 2.24) is 9.79 Å². The van der Waals surface area contributed by atoms with E-state index in [0.29, 0.717) is 6.61 Å². The summed E-state index contributed by atoms with van der Waals surface area (Å²) in [6.07, 6.45) is 0. The predicted octanol–water partition coefficient (Wildman–Crippen LogP) is -0.162. The summed E-state index contributed by atoms with van der Waals surface area (Å²) in [4.78, 5) is 16.3. The molecule has 0 saturated carbocycles. The molecule has 9 heteroatoms. The molecule has 0 aliphatic rings. The van der Waals surface area contributed by atoms with Crippen molar-refractivity contribution in [2.45, 2.75) is 5.09 Å². The third-order valence-electron chi connectivity index (χ3n) is 2.09. The summed E-state index contributed by atoms with van der Waals surface area (Å²) in [5.74, 6) is -0.825. The Morgan fingerprint density at radius 2 is 2.05 bits per heavy atom. The van der Waals surface area contributed by atoms with Crippen LogP contribution in [-0.4, -0.2) is 53.0 Å². The molecule has 0 bridgehead atoms. The number of nitrogens with one attached hydrogen (secondary N) is 1. The van der Waals surface area contributed by atoms with Crippen molar-refractivity contribution in [2.75, 3.05) is 34.4 Å². The summed E-state index contributed by atoms with van der Waals surface area (Å²) >= 11 is 0. The van der Waals surface area contributed by atoms with Gasteiger partial charge >= 0.3 is 5.91 Å². The SMILES string of the molecule is COCCONC(=O)c1ccc(S(=O)(=O)N(C)C)o1. The lowest BCUT2D eigenvalue weighted by molar-refractivity contribution is 0.00708. The zero-order valence-electron chi connectivity index (χ0n) is 10.9. The van der Waals surface area contributed by atoms with Gasteiger partial charge in [-0.25, -0.2) is 18.2 Å². The second-order valence-electron chi connectivity index (χ2n) is 3.68. The molecule has 1 aromatic rings. The van der Waals surface area contributed by atoms with Crippen LogP contribution in [-0.2, 0) is 19.6 Å². The van der Waals surface area contributed by atoms with Crippen LogP contribution >= 0.6 is 0 Å². The molecule has 0 aliphatic carbocycles. The second-order valence-corrected chi connectivity index (χ2v) is 5.76. The summed E-state index contributed by atoms with van der Waals surface area (Å²) < 4.78 is 34.1. The van der Waals surface area contributed by atoms with Crippen molar-refractivity contribution in [3.63, 3.8) is 0 Å². The third-order valence-corrected chi connectivity index (χ3v) is 3.78. The van der Waals surface area contributed by atoms with Gasteiger partial charge in [-0.2, -0.15) is 0 Å². The van der Waals surface area contributed by atoms with Gasteiger partial charge in [0.1, 0.15) is 0 Å². The van der Waals surface area contributed by atoms with Crippen LogP contribution in [0.15, 0.2) is 21.6 Å². The highest BCUT2D eigenvalue weighted by atomic mass is 32.2. The quantitative estimate of drug-likeness (QED) is 0.554. The zero-order chi connectivity index (χ0) is 14.5. The lowest BCUT2D eigenvalue weighted by Crippen LogP contribution is -2.25. The second kappa shape index (κ2) is 6.66. The van der Waals surface area contributed by atoms with Crippen LogP contribution in [0.5, 0.6) is 0 Å². The van der Waals surface area contributed by atoms with Crippen LogP contribution in [0.3, 0.4) is 0 Å². The van der Waals surface area contributed by atoms with Gasteiger partial charge in [-0.3, -0.25) is 9.63 Å². The molecule has 0 radical (unpaired) electrons. The summed E-state index contributed by atoms with van der Waals surface area (Å²) in [6.45, 7) is 0.491. The molecule has 1 amide bonds. The molecule has 0 unspecified atom stereocenters. The standard InChI is InChI=1S/C10H16N2O6S/c1-12(2)19(14,15)9-5-4-8(18-9)10(13)11-17-7-6-16-3/h4-5H,6-7H2,1-3H3,(H,11,13). The fourth-order valence-electron chi connectivity index (χ4n) is 1.05. The van der Waals surface area contributed by atoms with Gasteiger partial charge in [0.05, 0.1) is 13.2 Å². The van der Waals surface area contributed by atoms with E-state index in [1.54, 1.807) is 0 Å². The number of sulfonamides is 1. The van der Waals surface area contributed by atoms with Crippen LogP contribution in [0.4, 0.5) is 0 Å².